The average Bonchev–Trinajstić information content (AvgIpc) is 3.14. The van der Waals surface area contributed by atoms with Crippen LogP contribution < -0.4 is 5.73 Å². The van der Waals surface area contributed by atoms with E-state index in [0.29, 0.717) is 19.0 Å². The average molecular weight is 286 g/mol. The zero-order valence-electron chi connectivity index (χ0n) is 11.2. The van der Waals surface area contributed by atoms with E-state index in [4.69, 9.17) is 5.73 Å². The molecule has 0 unspecified atom stereocenters. The molecular weight excluding hydrogens is 267 g/mol. The minimum absolute atomic E-state index is 0.251. The maximum absolute atomic E-state index is 14.1. The van der Waals surface area contributed by atoms with Crippen LogP contribution in [0.2, 0.25) is 0 Å². The van der Waals surface area contributed by atoms with Gasteiger partial charge < -0.3 is 5.73 Å². The van der Waals surface area contributed by atoms with Gasteiger partial charge in [-0.2, -0.15) is 4.31 Å². The molecule has 1 aromatic rings. The first-order chi connectivity index (χ1) is 8.86. The van der Waals surface area contributed by atoms with E-state index in [-0.39, 0.29) is 16.1 Å². The predicted molar refractivity (Wildman–Crippen MR) is 72.7 cm³/mol. The van der Waals surface area contributed by atoms with Crippen molar-refractivity contribution in [3.8, 4) is 0 Å². The molecule has 106 valence electrons. The molecule has 0 saturated heterocycles. The van der Waals surface area contributed by atoms with Crippen molar-refractivity contribution in [2.75, 3.05) is 18.8 Å². The van der Waals surface area contributed by atoms with Gasteiger partial charge in [-0.15, -0.1) is 0 Å². The Morgan fingerprint density at radius 1 is 1.42 bits per heavy atom. The summed E-state index contributed by atoms with van der Waals surface area (Å²) in [6.07, 6.45) is 2.09. The number of rotatable bonds is 5. The van der Waals surface area contributed by atoms with E-state index >= 15 is 0 Å². The maximum Gasteiger partial charge on any atom is 0.246 e. The van der Waals surface area contributed by atoms with Gasteiger partial charge in [-0.3, -0.25) is 0 Å². The van der Waals surface area contributed by atoms with Gasteiger partial charge in [0.25, 0.3) is 0 Å². The van der Waals surface area contributed by atoms with Crippen LogP contribution in [0.25, 0.3) is 0 Å². The van der Waals surface area contributed by atoms with Crippen molar-refractivity contribution in [2.24, 2.45) is 5.92 Å². The van der Waals surface area contributed by atoms with Gasteiger partial charge in [0.1, 0.15) is 10.7 Å². The molecule has 0 radical (unpaired) electrons. The first kappa shape index (κ1) is 14.3. The molecule has 1 saturated carbocycles. The summed E-state index contributed by atoms with van der Waals surface area (Å²) in [5.41, 5.74) is 6.15. The lowest BCUT2D eigenvalue weighted by Gasteiger charge is -2.21. The standard InChI is InChI=1S/C13H19FN2O2S/c1-3-16(8-10-4-5-10)19(17,18)12-7-11(15)6-9(2)13(12)14/h6-7,10H,3-5,8,15H2,1-2H3. The molecule has 2 N–H and O–H groups in total. The summed E-state index contributed by atoms with van der Waals surface area (Å²) in [5.74, 6) is -0.289. The smallest absolute Gasteiger partial charge is 0.246 e. The van der Waals surface area contributed by atoms with Crippen LogP contribution >= 0.6 is 0 Å². The van der Waals surface area contributed by atoms with Crippen LogP contribution in [-0.2, 0) is 10.0 Å². The molecule has 0 aromatic heterocycles. The Bertz CT molecular complexity index is 583. The normalized spacial score (nSPS) is 16.0. The van der Waals surface area contributed by atoms with Crippen LogP contribution in [-0.4, -0.2) is 25.8 Å². The predicted octanol–water partition coefficient (Wildman–Crippen LogP) is 2.14. The molecule has 0 spiro atoms. The molecule has 0 bridgehead atoms. The zero-order chi connectivity index (χ0) is 14.2. The van der Waals surface area contributed by atoms with Crippen LogP contribution in [0.4, 0.5) is 10.1 Å². The number of aryl methyl sites for hydroxylation is 1. The first-order valence-electron chi connectivity index (χ1n) is 6.42. The third kappa shape index (κ3) is 2.90. The minimum Gasteiger partial charge on any atom is -0.399 e. The lowest BCUT2D eigenvalue weighted by molar-refractivity contribution is 0.408. The largest absolute Gasteiger partial charge is 0.399 e. The van der Waals surface area contributed by atoms with E-state index in [1.807, 2.05) is 0 Å². The van der Waals surface area contributed by atoms with E-state index < -0.39 is 15.8 Å². The topological polar surface area (TPSA) is 63.4 Å². The van der Waals surface area contributed by atoms with Crippen molar-refractivity contribution in [2.45, 2.75) is 31.6 Å². The molecule has 0 atom stereocenters. The molecule has 1 aliphatic rings. The Morgan fingerprint density at radius 3 is 2.58 bits per heavy atom. The fourth-order valence-corrected chi connectivity index (χ4v) is 3.77. The number of halogens is 1. The number of nitrogens with zero attached hydrogens (tertiary/aromatic N) is 1. The number of sulfonamides is 1. The molecule has 1 fully saturated rings. The number of hydrogen-bond acceptors (Lipinski definition) is 3. The number of anilines is 1. The molecule has 6 heteroatoms. The van der Waals surface area contributed by atoms with Crippen LogP contribution in [0.3, 0.4) is 0 Å². The first-order valence-corrected chi connectivity index (χ1v) is 7.86. The van der Waals surface area contributed by atoms with Gasteiger partial charge >= 0.3 is 0 Å². The summed E-state index contributed by atoms with van der Waals surface area (Å²) in [4.78, 5) is -0.312. The van der Waals surface area contributed by atoms with Crippen molar-refractivity contribution in [3.63, 3.8) is 0 Å². The second-order valence-electron chi connectivity index (χ2n) is 5.05. The molecule has 19 heavy (non-hydrogen) atoms. The van der Waals surface area contributed by atoms with Crippen LogP contribution in [0, 0.1) is 18.7 Å². The van der Waals surface area contributed by atoms with Crippen molar-refractivity contribution in [3.05, 3.63) is 23.5 Å². The van der Waals surface area contributed by atoms with Gasteiger partial charge in [0.05, 0.1) is 0 Å². The Labute approximate surface area is 113 Å². The molecule has 0 amide bonds. The van der Waals surface area contributed by atoms with Gasteiger partial charge in [-0.05, 0) is 43.4 Å². The zero-order valence-corrected chi connectivity index (χ0v) is 12.0. The Morgan fingerprint density at radius 2 is 2.05 bits per heavy atom. The molecule has 2 rings (SSSR count). The molecule has 0 aliphatic heterocycles. The Kier molecular flexibility index (Phi) is 3.82. The van der Waals surface area contributed by atoms with Crippen LogP contribution in [0.1, 0.15) is 25.3 Å². The molecule has 1 aromatic carbocycles. The molecule has 4 nitrogen and oxygen atoms in total. The summed E-state index contributed by atoms with van der Waals surface area (Å²) < 4.78 is 40.4. The maximum atomic E-state index is 14.1. The fourth-order valence-electron chi connectivity index (χ4n) is 2.08. The van der Waals surface area contributed by atoms with Crippen molar-refractivity contribution in [1.82, 2.24) is 4.31 Å². The SMILES string of the molecule is CCN(CC1CC1)S(=O)(=O)c1cc(N)cc(C)c1F. The summed E-state index contributed by atoms with van der Waals surface area (Å²) >= 11 is 0. The molecule has 1 aliphatic carbocycles. The quantitative estimate of drug-likeness (QED) is 0.843. The van der Waals surface area contributed by atoms with Crippen molar-refractivity contribution < 1.29 is 12.8 Å². The summed E-state index contributed by atoms with van der Waals surface area (Å²) in [6.45, 7) is 4.08. The molecular formula is C13H19FN2O2S. The van der Waals surface area contributed by atoms with Gasteiger partial charge in [0, 0.05) is 18.8 Å². The second kappa shape index (κ2) is 5.09. The van der Waals surface area contributed by atoms with E-state index in [2.05, 4.69) is 0 Å². The highest BCUT2D eigenvalue weighted by atomic mass is 32.2. The van der Waals surface area contributed by atoms with E-state index in [0.717, 1.165) is 12.8 Å². The highest BCUT2D eigenvalue weighted by molar-refractivity contribution is 7.89. The lowest BCUT2D eigenvalue weighted by Crippen LogP contribution is -2.33. The highest BCUT2D eigenvalue weighted by Gasteiger charge is 2.32. The minimum atomic E-state index is -3.80. The lowest BCUT2D eigenvalue weighted by atomic mass is 10.2. The van der Waals surface area contributed by atoms with Gasteiger partial charge in [0.15, 0.2) is 0 Å². The van der Waals surface area contributed by atoms with E-state index in [1.54, 1.807) is 6.92 Å². The number of nitrogen functional groups attached to an aromatic ring is 1. The monoisotopic (exact) mass is 286 g/mol. The summed E-state index contributed by atoms with van der Waals surface area (Å²) in [6, 6.07) is 2.64. The third-order valence-electron chi connectivity index (χ3n) is 3.37. The van der Waals surface area contributed by atoms with E-state index in [1.165, 1.54) is 23.4 Å². The van der Waals surface area contributed by atoms with Gasteiger partial charge in [-0.25, -0.2) is 12.8 Å². The Balaban J connectivity index is 2.42. The van der Waals surface area contributed by atoms with Crippen LogP contribution in [0.15, 0.2) is 17.0 Å². The van der Waals surface area contributed by atoms with E-state index in [9.17, 15) is 12.8 Å². The number of hydrogen-bond donors (Lipinski definition) is 1. The van der Waals surface area contributed by atoms with Gasteiger partial charge in [0.2, 0.25) is 10.0 Å². The number of nitrogens with two attached hydrogens (primary N) is 1. The third-order valence-corrected chi connectivity index (χ3v) is 5.31. The Hall–Kier alpha value is -1.14. The molecule has 0 heterocycles. The summed E-state index contributed by atoms with van der Waals surface area (Å²) in [7, 11) is -3.80. The summed E-state index contributed by atoms with van der Waals surface area (Å²) in [5, 5.41) is 0. The number of benzene rings is 1. The highest BCUT2D eigenvalue weighted by Crippen LogP contribution is 2.32. The fraction of sp³-hybridized carbons (Fsp3) is 0.538. The van der Waals surface area contributed by atoms with Gasteiger partial charge in [-0.1, -0.05) is 6.92 Å². The second-order valence-corrected chi connectivity index (χ2v) is 6.96. The van der Waals surface area contributed by atoms with Crippen LogP contribution in [0.5, 0.6) is 0 Å². The van der Waals surface area contributed by atoms with Crippen molar-refractivity contribution >= 4 is 15.7 Å². The van der Waals surface area contributed by atoms with Crippen molar-refractivity contribution in [1.29, 1.82) is 0 Å².